The molecule has 0 saturated carbocycles. The third-order valence-corrected chi connectivity index (χ3v) is 2.60. The number of hydrogen-bond acceptors (Lipinski definition) is 4. The van der Waals surface area contributed by atoms with Gasteiger partial charge < -0.3 is 15.2 Å². The molecular formula is C10H16N4O. The van der Waals surface area contributed by atoms with Crippen molar-refractivity contribution < 1.29 is 0 Å². The van der Waals surface area contributed by atoms with Crippen molar-refractivity contribution in [2.75, 3.05) is 32.7 Å². The van der Waals surface area contributed by atoms with Crippen molar-refractivity contribution in [3.63, 3.8) is 0 Å². The molecule has 1 saturated heterocycles. The van der Waals surface area contributed by atoms with Crippen molar-refractivity contribution in [2.45, 2.75) is 6.42 Å². The summed E-state index contributed by atoms with van der Waals surface area (Å²) in [5.74, 6) is 0.779. The van der Waals surface area contributed by atoms with E-state index in [-0.39, 0.29) is 5.56 Å². The molecule has 0 spiro atoms. The maximum Gasteiger partial charge on any atom is 0.250 e. The van der Waals surface area contributed by atoms with E-state index < -0.39 is 0 Å². The number of aromatic nitrogens is 2. The van der Waals surface area contributed by atoms with Crippen LogP contribution in [0.5, 0.6) is 0 Å². The SMILES string of the molecule is O=c1ccnc(CCN2CCNCC2)[nH]1. The number of nitrogens with zero attached hydrogens (tertiary/aromatic N) is 2. The van der Waals surface area contributed by atoms with Crippen LogP contribution >= 0.6 is 0 Å². The average Bonchev–Trinajstić information content (AvgIpc) is 2.28. The van der Waals surface area contributed by atoms with Crippen LogP contribution in [-0.2, 0) is 6.42 Å². The topological polar surface area (TPSA) is 61.0 Å². The van der Waals surface area contributed by atoms with Crippen LogP contribution < -0.4 is 10.9 Å². The van der Waals surface area contributed by atoms with Crippen LogP contribution in [0.1, 0.15) is 5.82 Å². The molecule has 0 bridgehead atoms. The van der Waals surface area contributed by atoms with Crippen LogP contribution in [0.25, 0.3) is 0 Å². The molecule has 1 fully saturated rings. The molecule has 5 nitrogen and oxygen atoms in total. The Bertz CT molecular complexity index is 356. The Morgan fingerprint density at radius 3 is 2.93 bits per heavy atom. The van der Waals surface area contributed by atoms with Gasteiger partial charge in [0, 0.05) is 51.4 Å². The maximum atomic E-state index is 11.0. The summed E-state index contributed by atoms with van der Waals surface area (Å²) in [6.45, 7) is 5.24. The molecule has 0 aromatic carbocycles. The normalized spacial score (nSPS) is 17.9. The lowest BCUT2D eigenvalue weighted by Crippen LogP contribution is -2.44. The van der Waals surface area contributed by atoms with Crippen molar-refractivity contribution in [3.05, 3.63) is 28.4 Å². The van der Waals surface area contributed by atoms with Gasteiger partial charge in [-0.25, -0.2) is 4.98 Å². The second-order valence-electron chi connectivity index (χ2n) is 3.72. The summed E-state index contributed by atoms with van der Waals surface area (Å²) in [5.41, 5.74) is -0.0692. The van der Waals surface area contributed by atoms with E-state index in [1.54, 1.807) is 6.20 Å². The molecule has 0 aliphatic carbocycles. The fraction of sp³-hybridized carbons (Fsp3) is 0.600. The number of aromatic amines is 1. The predicted molar refractivity (Wildman–Crippen MR) is 57.9 cm³/mol. The Morgan fingerprint density at radius 2 is 2.20 bits per heavy atom. The standard InChI is InChI=1S/C10H16N4O/c15-10-1-3-12-9(13-10)2-6-14-7-4-11-5-8-14/h1,3,11H,2,4-8H2,(H,12,13,15). The molecule has 2 rings (SSSR count). The number of rotatable bonds is 3. The van der Waals surface area contributed by atoms with Crippen molar-refractivity contribution in [2.24, 2.45) is 0 Å². The number of hydrogen-bond donors (Lipinski definition) is 2. The fourth-order valence-corrected chi connectivity index (χ4v) is 1.74. The molecule has 82 valence electrons. The Labute approximate surface area is 88.5 Å². The van der Waals surface area contributed by atoms with E-state index in [4.69, 9.17) is 0 Å². The molecule has 1 aromatic rings. The first-order chi connectivity index (χ1) is 7.34. The molecule has 0 amide bonds. The lowest BCUT2D eigenvalue weighted by atomic mass is 10.3. The first-order valence-electron chi connectivity index (χ1n) is 5.32. The summed E-state index contributed by atoms with van der Waals surface area (Å²) in [5, 5.41) is 3.31. The molecule has 0 radical (unpaired) electrons. The number of piperazine rings is 1. The van der Waals surface area contributed by atoms with E-state index in [1.807, 2.05) is 0 Å². The predicted octanol–water partition coefficient (Wildman–Crippen LogP) is -0.782. The van der Waals surface area contributed by atoms with Crippen LogP contribution in [0.4, 0.5) is 0 Å². The van der Waals surface area contributed by atoms with Crippen LogP contribution in [0.15, 0.2) is 17.1 Å². The summed E-state index contributed by atoms with van der Waals surface area (Å²) < 4.78 is 0. The van der Waals surface area contributed by atoms with Gasteiger partial charge in [-0.2, -0.15) is 0 Å². The third-order valence-electron chi connectivity index (χ3n) is 2.60. The van der Waals surface area contributed by atoms with Crippen molar-refractivity contribution >= 4 is 0 Å². The summed E-state index contributed by atoms with van der Waals surface area (Å²) >= 11 is 0. The van der Waals surface area contributed by atoms with Crippen LogP contribution in [0.3, 0.4) is 0 Å². The molecule has 1 aromatic heterocycles. The molecule has 0 unspecified atom stereocenters. The summed E-state index contributed by atoms with van der Waals surface area (Å²) in [6.07, 6.45) is 2.38. The minimum atomic E-state index is -0.0692. The number of H-pyrrole nitrogens is 1. The first kappa shape index (κ1) is 10.3. The largest absolute Gasteiger partial charge is 0.314 e. The minimum Gasteiger partial charge on any atom is -0.314 e. The van der Waals surface area contributed by atoms with Crippen LogP contribution in [0.2, 0.25) is 0 Å². The zero-order chi connectivity index (χ0) is 10.5. The van der Waals surface area contributed by atoms with E-state index in [0.29, 0.717) is 0 Å². The Kier molecular flexibility index (Phi) is 3.47. The molecule has 1 aliphatic rings. The van der Waals surface area contributed by atoms with Crippen molar-refractivity contribution in [3.8, 4) is 0 Å². The van der Waals surface area contributed by atoms with Gasteiger partial charge in [0.15, 0.2) is 0 Å². The van der Waals surface area contributed by atoms with E-state index in [0.717, 1.165) is 45.0 Å². The molecule has 2 N–H and O–H groups in total. The number of nitrogens with one attached hydrogen (secondary N) is 2. The Morgan fingerprint density at radius 1 is 1.40 bits per heavy atom. The Hall–Kier alpha value is -1.20. The zero-order valence-corrected chi connectivity index (χ0v) is 8.70. The molecule has 5 heteroatoms. The van der Waals surface area contributed by atoms with Gasteiger partial charge in [-0.15, -0.1) is 0 Å². The smallest absolute Gasteiger partial charge is 0.250 e. The quantitative estimate of drug-likeness (QED) is 0.684. The highest BCUT2D eigenvalue weighted by atomic mass is 16.1. The van der Waals surface area contributed by atoms with E-state index in [2.05, 4.69) is 20.2 Å². The van der Waals surface area contributed by atoms with E-state index in [9.17, 15) is 4.79 Å². The highest BCUT2D eigenvalue weighted by molar-refractivity contribution is 4.90. The zero-order valence-electron chi connectivity index (χ0n) is 8.70. The second-order valence-corrected chi connectivity index (χ2v) is 3.72. The van der Waals surface area contributed by atoms with Gasteiger partial charge in [-0.3, -0.25) is 4.79 Å². The molecule has 1 aliphatic heterocycles. The summed E-state index contributed by atoms with van der Waals surface area (Å²) in [4.78, 5) is 20.3. The molecule has 2 heterocycles. The molecule has 15 heavy (non-hydrogen) atoms. The van der Waals surface area contributed by atoms with Gasteiger partial charge in [0.05, 0.1) is 0 Å². The van der Waals surface area contributed by atoms with Gasteiger partial charge in [0.2, 0.25) is 0 Å². The van der Waals surface area contributed by atoms with Crippen LogP contribution in [0, 0.1) is 0 Å². The molecule has 0 atom stereocenters. The summed E-state index contributed by atoms with van der Waals surface area (Å²) in [7, 11) is 0. The highest BCUT2D eigenvalue weighted by Gasteiger charge is 2.09. The first-order valence-corrected chi connectivity index (χ1v) is 5.32. The highest BCUT2D eigenvalue weighted by Crippen LogP contribution is 1.95. The van der Waals surface area contributed by atoms with Crippen molar-refractivity contribution in [1.29, 1.82) is 0 Å². The Balaban J connectivity index is 1.84. The van der Waals surface area contributed by atoms with Crippen LogP contribution in [-0.4, -0.2) is 47.6 Å². The third kappa shape index (κ3) is 3.14. The lowest BCUT2D eigenvalue weighted by molar-refractivity contribution is 0.242. The van der Waals surface area contributed by atoms with Gasteiger partial charge in [-0.05, 0) is 0 Å². The van der Waals surface area contributed by atoms with E-state index >= 15 is 0 Å². The maximum absolute atomic E-state index is 11.0. The van der Waals surface area contributed by atoms with E-state index in [1.165, 1.54) is 6.07 Å². The van der Waals surface area contributed by atoms with Gasteiger partial charge in [-0.1, -0.05) is 0 Å². The fourth-order valence-electron chi connectivity index (χ4n) is 1.74. The average molecular weight is 208 g/mol. The van der Waals surface area contributed by atoms with Crippen molar-refractivity contribution in [1.82, 2.24) is 20.2 Å². The summed E-state index contributed by atoms with van der Waals surface area (Å²) in [6, 6.07) is 1.44. The second kappa shape index (κ2) is 5.04. The minimum absolute atomic E-state index is 0.0692. The monoisotopic (exact) mass is 208 g/mol. The van der Waals surface area contributed by atoms with Gasteiger partial charge in [0.25, 0.3) is 5.56 Å². The van der Waals surface area contributed by atoms with Gasteiger partial charge in [0.1, 0.15) is 5.82 Å². The molecular weight excluding hydrogens is 192 g/mol. The van der Waals surface area contributed by atoms with Gasteiger partial charge >= 0.3 is 0 Å². The lowest BCUT2D eigenvalue weighted by Gasteiger charge is -2.26.